The predicted octanol–water partition coefficient (Wildman–Crippen LogP) is 0.674. The van der Waals surface area contributed by atoms with Crippen molar-refractivity contribution in [2.24, 2.45) is 17.6 Å². The summed E-state index contributed by atoms with van der Waals surface area (Å²) < 4.78 is 5.27. The molecule has 0 radical (unpaired) electrons. The zero-order valence-electron chi connectivity index (χ0n) is 9.69. The van der Waals surface area contributed by atoms with Crippen molar-refractivity contribution in [3.8, 4) is 0 Å². The Kier molecular flexibility index (Phi) is 3.73. The van der Waals surface area contributed by atoms with Gasteiger partial charge in [0, 0.05) is 0 Å². The molecule has 1 fully saturated rings. The average molecular weight is 215 g/mol. The molecule has 0 spiro atoms. The van der Waals surface area contributed by atoms with E-state index in [9.17, 15) is 9.90 Å². The molecule has 0 aliphatic heterocycles. The van der Waals surface area contributed by atoms with E-state index in [1.165, 1.54) is 0 Å². The largest absolute Gasteiger partial charge is 0.460 e. The van der Waals surface area contributed by atoms with Gasteiger partial charge in [0.25, 0.3) is 0 Å². The number of carbonyl (C=O) groups is 1. The number of rotatable bonds is 2. The van der Waals surface area contributed by atoms with Gasteiger partial charge in [0.15, 0.2) is 0 Å². The van der Waals surface area contributed by atoms with Crippen LogP contribution in [0.2, 0.25) is 0 Å². The minimum absolute atomic E-state index is 0.0440. The molecule has 1 unspecified atom stereocenters. The van der Waals surface area contributed by atoms with E-state index in [1.54, 1.807) is 0 Å². The van der Waals surface area contributed by atoms with Gasteiger partial charge in [-0.05, 0) is 46.1 Å². The van der Waals surface area contributed by atoms with Crippen molar-refractivity contribution < 1.29 is 14.6 Å². The molecule has 3 atom stereocenters. The summed E-state index contributed by atoms with van der Waals surface area (Å²) in [5.74, 6) is -0.354. The zero-order valence-corrected chi connectivity index (χ0v) is 9.69. The van der Waals surface area contributed by atoms with Gasteiger partial charge in [0.05, 0.1) is 12.0 Å². The van der Waals surface area contributed by atoms with Gasteiger partial charge in [-0.15, -0.1) is 0 Å². The Labute approximate surface area is 90.8 Å². The molecule has 15 heavy (non-hydrogen) atoms. The second-order valence-electron chi connectivity index (χ2n) is 5.26. The molecule has 4 nitrogen and oxygen atoms in total. The van der Waals surface area contributed by atoms with Gasteiger partial charge in [0.1, 0.15) is 5.60 Å². The number of hydrogen-bond donors (Lipinski definition) is 2. The van der Waals surface area contributed by atoms with Crippen LogP contribution in [0.4, 0.5) is 0 Å². The van der Waals surface area contributed by atoms with E-state index in [4.69, 9.17) is 10.5 Å². The smallest absolute Gasteiger partial charge is 0.309 e. The highest BCUT2D eigenvalue weighted by Gasteiger charge is 2.38. The lowest BCUT2D eigenvalue weighted by Crippen LogP contribution is -2.28. The lowest BCUT2D eigenvalue weighted by molar-refractivity contribution is -0.160. The minimum atomic E-state index is -0.456. The van der Waals surface area contributed by atoms with Gasteiger partial charge in [-0.2, -0.15) is 0 Å². The van der Waals surface area contributed by atoms with Crippen LogP contribution in [0, 0.1) is 11.8 Å². The summed E-state index contributed by atoms with van der Waals surface area (Å²) in [7, 11) is 0. The van der Waals surface area contributed by atoms with Gasteiger partial charge in [0.2, 0.25) is 0 Å². The SMILES string of the molecule is CC(C)(C)OC(=O)[C@@H]1CC(O)[C@H](CN)C1. The lowest BCUT2D eigenvalue weighted by atomic mass is 10.0. The first-order chi connectivity index (χ1) is 6.83. The Morgan fingerprint density at radius 2 is 2.07 bits per heavy atom. The van der Waals surface area contributed by atoms with Crippen molar-refractivity contribution in [2.75, 3.05) is 6.54 Å². The minimum Gasteiger partial charge on any atom is -0.460 e. The van der Waals surface area contributed by atoms with Crippen LogP contribution in [0.25, 0.3) is 0 Å². The Bertz CT molecular complexity index is 234. The maximum absolute atomic E-state index is 11.7. The maximum atomic E-state index is 11.7. The standard InChI is InChI=1S/C11H21NO3/c1-11(2,3)15-10(14)7-4-8(6-12)9(13)5-7/h7-9,13H,4-6,12H2,1-3H3/t7-,8-,9?/m0/s1. The van der Waals surface area contributed by atoms with Gasteiger partial charge in [-0.1, -0.05) is 0 Å². The summed E-state index contributed by atoms with van der Waals surface area (Å²) in [6.45, 7) is 5.96. The van der Waals surface area contributed by atoms with Crippen molar-refractivity contribution in [1.29, 1.82) is 0 Å². The quantitative estimate of drug-likeness (QED) is 0.664. The van der Waals surface area contributed by atoms with E-state index < -0.39 is 11.7 Å². The Morgan fingerprint density at radius 1 is 1.47 bits per heavy atom. The molecule has 1 saturated carbocycles. The van der Waals surface area contributed by atoms with Gasteiger partial charge in [-0.3, -0.25) is 4.79 Å². The molecule has 1 rings (SSSR count). The fourth-order valence-electron chi connectivity index (χ4n) is 1.93. The molecular weight excluding hydrogens is 194 g/mol. The zero-order chi connectivity index (χ0) is 11.6. The third-order valence-corrected chi connectivity index (χ3v) is 2.70. The summed E-state index contributed by atoms with van der Waals surface area (Å²) >= 11 is 0. The molecule has 3 N–H and O–H groups in total. The molecule has 4 heteroatoms. The van der Waals surface area contributed by atoms with Crippen molar-refractivity contribution in [3.05, 3.63) is 0 Å². The normalized spacial score (nSPS) is 31.7. The number of ether oxygens (including phenoxy) is 1. The van der Waals surface area contributed by atoms with Crippen molar-refractivity contribution in [3.63, 3.8) is 0 Å². The average Bonchev–Trinajstić information content (AvgIpc) is 2.43. The molecule has 0 amide bonds. The van der Waals surface area contributed by atoms with Crippen LogP contribution in [0.1, 0.15) is 33.6 Å². The van der Waals surface area contributed by atoms with E-state index in [-0.39, 0.29) is 17.8 Å². The van der Waals surface area contributed by atoms with E-state index in [0.29, 0.717) is 19.4 Å². The summed E-state index contributed by atoms with van der Waals surface area (Å²) in [4.78, 5) is 11.7. The van der Waals surface area contributed by atoms with Crippen LogP contribution in [-0.2, 0) is 9.53 Å². The highest BCUT2D eigenvalue weighted by Crippen LogP contribution is 2.32. The summed E-state index contributed by atoms with van der Waals surface area (Å²) in [5, 5.41) is 9.62. The molecule has 0 saturated heterocycles. The number of nitrogens with two attached hydrogens (primary N) is 1. The summed E-state index contributed by atoms with van der Waals surface area (Å²) in [6, 6.07) is 0. The van der Waals surface area contributed by atoms with Gasteiger partial charge < -0.3 is 15.6 Å². The molecule has 1 aliphatic rings. The second kappa shape index (κ2) is 4.49. The van der Waals surface area contributed by atoms with Crippen molar-refractivity contribution in [2.45, 2.75) is 45.3 Å². The fraction of sp³-hybridized carbons (Fsp3) is 0.909. The van der Waals surface area contributed by atoms with Crippen LogP contribution in [0.3, 0.4) is 0 Å². The number of carbonyl (C=O) groups excluding carboxylic acids is 1. The van der Waals surface area contributed by atoms with Crippen molar-refractivity contribution >= 4 is 5.97 Å². The number of aliphatic hydroxyl groups is 1. The number of aliphatic hydroxyl groups excluding tert-OH is 1. The summed E-state index contributed by atoms with van der Waals surface area (Å²) in [6.07, 6.45) is 0.677. The first kappa shape index (κ1) is 12.5. The predicted molar refractivity (Wildman–Crippen MR) is 57.1 cm³/mol. The van der Waals surface area contributed by atoms with Crippen molar-refractivity contribution in [1.82, 2.24) is 0 Å². The first-order valence-electron chi connectivity index (χ1n) is 5.44. The summed E-state index contributed by atoms with van der Waals surface area (Å²) in [5.41, 5.74) is 5.05. The Hall–Kier alpha value is -0.610. The monoisotopic (exact) mass is 215 g/mol. The van der Waals surface area contributed by atoms with Gasteiger partial charge >= 0.3 is 5.97 Å². The van der Waals surface area contributed by atoms with Crippen LogP contribution >= 0.6 is 0 Å². The third kappa shape index (κ3) is 3.47. The molecule has 0 bridgehead atoms. The highest BCUT2D eigenvalue weighted by molar-refractivity contribution is 5.73. The fourth-order valence-corrected chi connectivity index (χ4v) is 1.93. The molecule has 88 valence electrons. The lowest BCUT2D eigenvalue weighted by Gasteiger charge is -2.21. The third-order valence-electron chi connectivity index (χ3n) is 2.70. The van der Waals surface area contributed by atoms with Crippen LogP contribution in [0.15, 0.2) is 0 Å². The Morgan fingerprint density at radius 3 is 2.47 bits per heavy atom. The maximum Gasteiger partial charge on any atom is 0.309 e. The Balaban J connectivity index is 2.50. The van der Waals surface area contributed by atoms with Crippen LogP contribution in [0.5, 0.6) is 0 Å². The molecule has 0 aromatic rings. The van der Waals surface area contributed by atoms with Crippen LogP contribution in [-0.4, -0.2) is 29.3 Å². The topological polar surface area (TPSA) is 72.5 Å². The molecule has 0 aromatic carbocycles. The van der Waals surface area contributed by atoms with E-state index in [1.807, 2.05) is 20.8 Å². The number of esters is 1. The molecule has 0 aromatic heterocycles. The number of hydrogen-bond acceptors (Lipinski definition) is 4. The highest BCUT2D eigenvalue weighted by atomic mass is 16.6. The van der Waals surface area contributed by atoms with E-state index in [0.717, 1.165) is 0 Å². The molecular formula is C11H21NO3. The van der Waals surface area contributed by atoms with Crippen LogP contribution < -0.4 is 5.73 Å². The van der Waals surface area contributed by atoms with E-state index >= 15 is 0 Å². The first-order valence-corrected chi connectivity index (χ1v) is 5.44. The second-order valence-corrected chi connectivity index (χ2v) is 5.26. The molecule has 1 aliphatic carbocycles. The molecule has 0 heterocycles. The van der Waals surface area contributed by atoms with Gasteiger partial charge in [-0.25, -0.2) is 0 Å². The van der Waals surface area contributed by atoms with E-state index in [2.05, 4.69) is 0 Å².